The summed E-state index contributed by atoms with van der Waals surface area (Å²) < 4.78 is 0. The van der Waals surface area contributed by atoms with Gasteiger partial charge in [-0.3, -0.25) is 0 Å². The molecule has 0 aliphatic carbocycles. The molecule has 0 fully saturated rings. The van der Waals surface area contributed by atoms with Crippen LogP contribution in [-0.4, -0.2) is 6.15 Å². The Bertz CT molecular complexity index is 766. The van der Waals surface area contributed by atoms with Gasteiger partial charge in [-0.15, -0.1) is 5.31 Å². The first-order valence-electron chi connectivity index (χ1n) is 8.69. The van der Waals surface area contributed by atoms with E-state index in [1.54, 1.807) is 0 Å². The predicted octanol–water partition coefficient (Wildman–Crippen LogP) is 5.92. The van der Waals surface area contributed by atoms with Gasteiger partial charge in [0.2, 0.25) is 0 Å². The molecule has 0 radical (unpaired) electrons. The lowest BCUT2D eigenvalue weighted by Gasteiger charge is -2.54. The van der Waals surface area contributed by atoms with Crippen LogP contribution < -0.4 is 16.4 Å². The quantitative estimate of drug-likeness (QED) is 0.477. The number of halogens is 3. The minimum Gasteiger partial charge on any atom is -0.199 e. The molecule has 0 heterocycles. The van der Waals surface area contributed by atoms with E-state index in [4.69, 9.17) is 34.8 Å². The summed E-state index contributed by atoms with van der Waals surface area (Å²) in [5.74, 6) is 0. The molecular weight excluding hydrogens is 381 g/mol. The van der Waals surface area contributed by atoms with Crippen molar-refractivity contribution in [2.24, 2.45) is 0 Å². The van der Waals surface area contributed by atoms with Gasteiger partial charge in [0.1, 0.15) is 0 Å². The Morgan fingerprint density at radius 2 is 0.731 bits per heavy atom. The molecule has 134 valence electrons. The summed E-state index contributed by atoms with van der Waals surface area (Å²) in [7, 11) is 0. The minimum atomic E-state index is -1.28. The van der Waals surface area contributed by atoms with Crippen molar-refractivity contribution < 1.29 is 0 Å². The van der Waals surface area contributed by atoms with E-state index >= 15 is 0 Å². The molecule has 4 heteroatoms. The predicted molar refractivity (Wildman–Crippen MR) is 119 cm³/mol. The van der Waals surface area contributed by atoms with Crippen LogP contribution >= 0.6 is 34.8 Å². The van der Waals surface area contributed by atoms with Crippen molar-refractivity contribution in [3.8, 4) is 0 Å². The van der Waals surface area contributed by atoms with Crippen LogP contribution in [0.5, 0.6) is 0 Å². The summed E-state index contributed by atoms with van der Waals surface area (Å²) >= 11 is 18.5. The lowest BCUT2D eigenvalue weighted by molar-refractivity contribution is 0.739. The standard InChI is InChI=1S/C22H21BCl3/c1-22(2,3)23(16-4-10-19(24)11-5-16,17-6-12-20(25)13-7-17)18-8-14-21(26)15-9-18/h4-15H,1-3H3/q-1. The van der Waals surface area contributed by atoms with Gasteiger partial charge < -0.3 is 0 Å². The zero-order valence-electron chi connectivity index (χ0n) is 15.1. The molecule has 0 amide bonds. The van der Waals surface area contributed by atoms with Crippen molar-refractivity contribution in [3.05, 3.63) is 87.9 Å². The molecular formula is C22H21BCl3-. The molecule has 0 atom stereocenters. The highest BCUT2D eigenvalue weighted by atomic mass is 35.5. The molecule has 0 unspecified atom stereocenters. The van der Waals surface area contributed by atoms with Gasteiger partial charge >= 0.3 is 0 Å². The topological polar surface area (TPSA) is 0 Å². The Labute approximate surface area is 171 Å². The number of hydrogen-bond donors (Lipinski definition) is 0. The molecule has 0 N–H and O–H groups in total. The van der Waals surface area contributed by atoms with Crippen LogP contribution in [0.25, 0.3) is 0 Å². The van der Waals surface area contributed by atoms with E-state index in [9.17, 15) is 0 Å². The fourth-order valence-corrected chi connectivity index (χ4v) is 4.71. The second kappa shape index (κ2) is 7.31. The van der Waals surface area contributed by atoms with Gasteiger partial charge in [-0.05, 0) is 36.4 Å². The SMILES string of the molecule is CC(C)(C)[B-](c1ccc(Cl)cc1)(c1ccc(Cl)cc1)c1ccc(Cl)cc1. The summed E-state index contributed by atoms with van der Waals surface area (Å²) in [5, 5.41) is 2.15. The Kier molecular flexibility index (Phi) is 5.44. The molecule has 3 aromatic carbocycles. The third kappa shape index (κ3) is 3.41. The molecule has 0 aromatic heterocycles. The van der Waals surface area contributed by atoms with E-state index in [0.717, 1.165) is 15.1 Å². The van der Waals surface area contributed by atoms with Crippen molar-refractivity contribution in [3.63, 3.8) is 0 Å². The average Bonchev–Trinajstić information content (AvgIpc) is 2.59. The van der Waals surface area contributed by atoms with E-state index in [-0.39, 0.29) is 5.31 Å². The van der Waals surface area contributed by atoms with Crippen LogP contribution in [0.4, 0.5) is 0 Å². The second-order valence-electron chi connectivity index (χ2n) is 7.89. The molecule has 0 aliphatic heterocycles. The lowest BCUT2D eigenvalue weighted by Crippen LogP contribution is -2.72. The van der Waals surface area contributed by atoms with Crippen molar-refractivity contribution >= 4 is 57.3 Å². The van der Waals surface area contributed by atoms with Gasteiger partial charge in [-0.2, -0.15) is 16.4 Å². The lowest BCUT2D eigenvalue weighted by atomic mass is 9.07. The van der Waals surface area contributed by atoms with Crippen molar-refractivity contribution in [1.29, 1.82) is 0 Å². The van der Waals surface area contributed by atoms with Crippen LogP contribution in [-0.2, 0) is 0 Å². The van der Waals surface area contributed by atoms with E-state index in [0.29, 0.717) is 0 Å². The maximum Gasteiger partial charge on any atom is 0.0862 e. The molecule has 0 spiro atoms. The third-order valence-electron chi connectivity index (χ3n) is 5.41. The molecule has 0 saturated carbocycles. The van der Waals surface area contributed by atoms with E-state index in [1.807, 2.05) is 36.4 Å². The fraction of sp³-hybridized carbons (Fsp3) is 0.182. The Balaban J connectivity index is 2.40. The van der Waals surface area contributed by atoms with Crippen LogP contribution in [0.3, 0.4) is 0 Å². The molecule has 3 rings (SSSR count). The molecule has 0 nitrogen and oxygen atoms in total. The fourth-order valence-electron chi connectivity index (χ4n) is 4.33. The highest BCUT2D eigenvalue weighted by molar-refractivity contribution is 7.13. The van der Waals surface area contributed by atoms with Gasteiger partial charge in [-0.25, -0.2) is 0 Å². The number of benzene rings is 3. The maximum absolute atomic E-state index is 6.18. The molecule has 0 saturated heterocycles. The van der Waals surface area contributed by atoms with Crippen molar-refractivity contribution in [2.75, 3.05) is 0 Å². The van der Waals surface area contributed by atoms with E-state index in [2.05, 4.69) is 57.2 Å². The number of hydrogen-bond acceptors (Lipinski definition) is 0. The zero-order valence-corrected chi connectivity index (χ0v) is 17.4. The Morgan fingerprint density at radius 3 is 0.923 bits per heavy atom. The minimum absolute atomic E-state index is 0.0600. The van der Waals surface area contributed by atoms with Crippen molar-refractivity contribution in [1.82, 2.24) is 0 Å². The van der Waals surface area contributed by atoms with Crippen molar-refractivity contribution in [2.45, 2.75) is 26.1 Å². The molecule has 3 aromatic rings. The number of rotatable bonds is 3. The summed E-state index contributed by atoms with van der Waals surface area (Å²) in [4.78, 5) is 0. The smallest absolute Gasteiger partial charge is 0.0862 e. The average molecular weight is 403 g/mol. The highest BCUT2D eigenvalue weighted by Crippen LogP contribution is 2.36. The summed E-state index contributed by atoms with van der Waals surface area (Å²) in [6.45, 7) is 6.85. The van der Waals surface area contributed by atoms with Crippen LogP contribution in [0.1, 0.15) is 20.8 Å². The zero-order chi connectivity index (χ0) is 18.9. The Morgan fingerprint density at radius 1 is 0.500 bits per heavy atom. The first-order chi connectivity index (χ1) is 12.2. The van der Waals surface area contributed by atoms with Gasteiger partial charge in [0.05, 0.1) is 6.15 Å². The highest BCUT2D eigenvalue weighted by Gasteiger charge is 2.39. The summed E-state index contributed by atoms with van der Waals surface area (Å²) in [6.07, 6.45) is -1.28. The first kappa shape index (κ1) is 19.4. The molecule has 26 heavy (non-hydrogen) atoms. The summed E-state index contributed by atoms with van der Waals surface area (Å²) in [5.41, 5.74) is 3.73. The Hall–Kier alpha value is -1.41. The van der Waals surface area contributed by atoms with Gasteiger partial charge in [0.15, 0.2) is 0 Å². The largest absolute Gasteiger partial charge is 0.199 e. The normalized spacial score (nSPS) is 12.2. The van der Waals surface area contributed by atoms with Gasteiger partial charge in [0, 0.05) is 15.1 Å². The van der Waals surface area contributed by atoms with Crippen LogP contribution in [0.15, 0.2) is 72.8 Å². The second-order valence-corrected chi connectivity index (χ2v) is 9.20. The monoisotopic (exact) mass is 401 g/mol. The summed E-state index contributed by atoms with van der Waals surface area (Å²) in [6, 6.07) is 24.6. The third-order valence-corrected chi connectivity index (χ3v) is 6.16. The maximum atomic E-state index is 6.18. The molecule has 0 aliphatic rings. The van der Waals surface area contributed by atoms with Crippen LogP contribution in [0, 0.1) is 0 Å². The van der Waals surface area contributed by atoms with E-state index < -0.39 is 6.15 Å². The van der Waals surface area contributed by atoms with E-state index in [1.165, 1.54) is 16.4 Å². The van der Waals surface area contributed by atoms with Gasteiger partial charge in [-0.1, -0.05) is 92.0 Å². The molecule has 0 bridgehead atoms. The van der Waals surface area contributed by atoms with Gasteiger partial charge in [0.25, 0.3) is 0 Å². The first-order valence-corrected chi connectivity index (χ1v) is 9.82. The van der Waals surface area contributed by atoms with Crippen LogP contribution in [0.2, 0.25) is 20.4 Å².